The number of carbonyl (C=O) groups is 2. The number of nitrogens with zero attached hydrogens (tertiary/aromatic N) is 1. The Labute approximate surface area is 145 Å². The minimum absolute atomic E-state index is 0.0374. The number of hydrogen-bond donors (Lipinski definition) is 2. The van der Waals surface area contributed by atoms with Crippen molar-refractivity contribution in [1.82, 2.24) is 10.2 Å². The normalized spacial score (nSPS) is 20.1. The summed E-state index contributed by atoms with van der Waals surface area (Å²) in [6.45, 7) is 1.55. The Bertz CT molecular complexity index is 688. The number of carbonyl (C=O) groups excluding carboxylic acids is 2. The number of benzene rings is 1. The Morgan fingerprint density at radius 1 is 1.17 bits per heavy atom. The predicted octanol–water partition coefficient (Wildman–Crippen LogP) is 1.82. The van der Waals surface area contributed by atoms with Crippen molar-refractivity contribution < 1.29 is 9.59 Å². The highest BCUT2D eigenvalue weighted by Crippen LogP contribution is 2.26. The van der Waals surface area contributed by atoms with Gasteiger partial charge >= 0.3 is 0 Å². The summed E-state index contributed by atoms with van der Waals surface area (Å²) in [5.74, 6) is 0.0873. The van der Waals surface area contributed by atoms with Gasteiger partial charge in [-0.05, 0) is 17.0 Å². The molecule has 0 spiro atoms. The Hall–Kier alpha value is -2.18. The fraction of sp³-hybridized carbons (Fsp3) is 0.333. The molecule has 126 valence electrons. The van der Waals surface area contributed by atoms with Crippen LogP contribution in [0.2, 0.25) is 0 Å². The highest BCUT2D eigenvalue weighted by molar-refractivity contribution is 7.12. The van der Waals surface area contributed by atoms with Crippen LogP contribution in [-0.2, 0) is 4.79 Å². The molecule has 3 N–H and O–H groups in total. The first-order valence-corrected chi connectivity index (χ1v) is 8.93. The zero-order valence-corrected chi connectivity index (χ0v) is 14.2. The Morgan fingerprint density at radius 2 is 1.96 bits per heavy atom. The summed E-state index contributed by atoms with van der Waals surface area (Å²) >= 11 is 1.39. The van der Waals surface area contributed by atoms with Gasteiger partial charge in [0.2, 0.25) is 5.91 Å². The zero-order valence-electron chi connectivity index (χ0n) is 13.4. The van der Waals surface area contributed by atoms with Gasteiger partial charge in [-0.25, -0.2) is 0 Å². The Balaban J connectivity index is 1.48. The van der Waals surface area contributed by atoms with Crippen molar-refractivity contribution in [2.24, 2.45) is 5.73 Å². The fourth-order valence-electron chi connectivity index (χ4n) is 3.02. The van der Waals surface area contributed by atoms with Crippen molar-refractivity contribution in [3.63, 3.8) is 0 Å². The van der Waals surface area contributed by atoms with Crippen LogP contribution in [-0.4, -0.2) is 42.4 Å². The molecule has 1 aliphatic heterocycles. The molecule has 0 unspecified atom stereocenters. The third-order valence-electron chi connectivity index (χ3n) is 4.31. The minimum atomic E-state index is -0.127. The lowest BCUT2D eigenvalue weighted by molar-refractivity contribution is -0.130. The van der Waals surface area contributed by atoms with Crippen LogP contribution in [0.5, 0.6) is 0 Å². The molecule has 3 rings (SSSR count). The molecule has 0 radical (unpaired) electrons. The third-order valence-corrected chi connectivity index (χ3v) is 5.18. The van der Waals surface area contributed by atoms with E-state index >= 15 is 0 Å². The number of nitrogens with one attached hydrogen (secondary N) is 1. The van der Waals surface area contributed by atoms with Crippen molar-refractivity contribution in [3.05, 3.63) is 58.3 Å². The van der Waals surface area contributed by atoms with Crippen molar-refractivity contribution in [2.45, 2.75) is 18.4 Å². The molecular weight excluding hydrogens is 322 g/mol. The maximum Gasteiger partial charge on any atom is 0.261 e. The molecule has 2 aromatic rings. The van der Waals surface area contributed by atoms with Crippen LogP contribution in [0.1, 0.15) is 27.6 Å². The van der Waals surface area contributed by atoms with Crippen LogP contribution in [0.3, 0.4) is 0 Å². The molecule has 6 heteroatoms. The van der Waals surface area contributed by atoms with Crippen molar-refractivity contribution in [1.29, 1.82) is 0 Å². The molecular formula is C18H21N3O2S. The molecule has 2 amide bonds. The highest BCUT2D eigenvalue weighted by atomic mass is 32.1. The Morgan fingerprint density at radius 3 is 2.67 bits per heavy atom. The summed E-state index contributed by atoms with van der Waals surface area (Å²) in [5.41, 5.74) is 7.39. The minimum Gasteiger partial charge on any atom is -0.351 e. The Kier molecular flexibility index (Phi) is 5.27. The molecule has 2 atom stereocenters. The van der Waals surface area contributed by atoms with Gasteiger partial charge in [0, 0.05) is 38.0 Å². The van der Waals surface area contributed by atoms with Crippen molar-refractivity contribution >= 4 is 23.2 Å². The monoisotopic (exact) mass is 343 g/mol. The maximum atomic E-state index is 12.4. The third kappa shape index (κ3) is 3.83. The van der Waals surface area contributed by atoms with E-state index in [0.717, 1.165) is 0 Å². The number of amides is 2. The summed E-state index contributed by atoms with van der Waals surface area (Å²) in [7, 11) is 0. The van der Waals surface area contributed by atoms with Gasteiger partial charge in [-0.3, -0.25) is 9.59 Å². The number of nitrogens with two attached hydrogens (primary N) is 1. The zero-order chi connectivity index (χ0) is 16.9. The first kappa shape index (κ1) is 16.7. The summed E-state index contributed by atoms with van der Waals surface area (Å²) in [6.07, 6.45) is 0.297. The van der Waals surface area contributed by atoms with Gasteiger partial charge in [-0.1, -0.05) is 36.4 Å². The second-order valence-corrected chi connectivity index (χ2v) is 6.91. The van der Waals surface area contributed by atoms with E-state index in [2.05, 4.69) is 17.4 Å². The number of thiophene rings is 1. The van der Waals surface area contributed by atoms with Gasteiger partial charge in [0.25, 0.3) is 5.91 Å². The van der Waals surface area contributed by atoms with Gasteiger partial charge < -0.3 is 16.0 Å². The molecule has 1 saturated heterocycles. The van der Waals surface area contributed by atoms with E-state index in [-0.39, 0.29) is 23.8 Å². The summed E-state index contributed by atoms with van der Waals surface area (Å²) < 4.78 is 0. The van der Waals surface area contributed by atoms with Gasteiger partial charge in [-0.15, -0.1) is 11.3 Å². The van der Waals surface area contributed by atoms with Crippen LogP contribution in [0.25, 0.3) is 0 Å². The van der Waals surface area contributed by atoms with E-state index in [1.54, 1.807) is 11.0 Å². The molecule has 0 bridgehead atoms. The average Bonchev–Trinajstić information content (AvgIpc) is 3.25. The predicted molar refractivity (Wildman–Crippen MR) is 95.0 cm³/mol. The SMILES string of the molecule is N[C@@H]1CN(C(=O)CCNC(=O)c2cccs2)C[C@H]1c1ccccc1. The average molecular weight is 343 g/mol. The van der Waals surface area contributed by atoms with E-state index < -0.39 is 0 Å². The second-order valence-electron chi connectivity index (χ2n) is 5.96. The largest absolute Gasteiger partial charge is 0.351 e. The lowest BCUT2D eigenvalue weighted by Crippen LogP contribution is -2.34. The first-order valence-electron chi connectivity index (χ1n) is 8.05. The molecule has 1 aliphatic rings. The topological polar surface area (TPSA) is 75.4 Å². The lowest BCUT2D eigenvalue weighted by Gasteiger charge is -2.16. The summed E-state index contributed by atoms with van der Waals surface area (Å²) in [6, 6.07) is 13.6. The first-order chi connectivity index (χ1) is 11.6. The molecule has 0 saturated carbocycles. The molecule has 24 heavy (non-hydrogen) atoms. The van der Waals surface area contributed by atoms with Crippen LogP contribution < -0.4 is 11.1 Å². The molecule has 5 nitrogen and oxygen atoms in total. The lowest BCUT2D eigenvalue weighted by atomic mass is 9.95. The fourth-order valence-corrected chi connectivity index (χ4v) is 3.66. The highest BCUT2D eigenvalue weighted by Gasteiger charge is 2.33. The quantitative estimate of drug-likeness (QED) is 0.869. The standard InChI is InChI=1S/C18H21N3O2S/c19-15-12-21(11-14(15)13-5-2-1-3-6-13)17(22)8-9-20-18(23)16-7-4-10-24-16/h1-7,10,14-15H,8-9,11-12,19H2,(H,20,23)/t14-,15+/m0/s1. The van der Waals surface area contributed by atoms with Crippen molar-refractivity contribution in [3.8, 4) is 0 Å². The van der Waals surface area contributed by atoms with Crippen LogP contribution in [0, 0.1) is 0 Å². The van der Waals surface area contributed by atoms with Crippen LogP contribution in [0.15, 0.2) is 47.8 Å². The van der Waals surface area contributed by atoms with E-state index in [1.807, 2.05) is 29.6 Å². The number of rotatable bonds is 5. The van der Waals surface area contributed by atoms with Crippen molar-refractivity contribution in [2.75, 3.05) is 19.6 Å². The molecule has 1 aromatic carbocycles. The van der Waals surface area contributed by atoms with E-state index in [9.17, 15) is 9.59 Å². The number of hydrogen-bond acceptors (Lipinski definition) is 4. The van der Waals surface area contributed by atoms with Gasteiger partial charge in [-0.2, -0.15) is 0 Å². The van der Waals surface area contributed by atoms with Gasteiger partial charge in [0.15, 0.2) is 0 Å². The molecule has 2 heterocycles. The van der Waals surface area contributed by atoms with Gasteiger partial charge in [0.1, 0.15) is 0 Å². The second kappa shape index (κ2) is 7.59. The van der Waals surface area contributed by atoms with E-state index in [1.165, 1.54) is 16.9 Å². The van der Waals surface area contributed by atoms with Crippen LogP contribution in [0.4, 0.5) is 0 Å². The molecule has 1 aromatic heterocycles. The summed E-state index contributed by atoms with van der Waals surface area (Å²) in [4.78, 5) is 26.7. The number of likely N-dealkylation sites (tertiary alicyclic amines) is 1. The van der Waals surface area contributed by atoms with E-state index in [0.29, 0.717) is 30.9 Å². The van der Waals surface area contributed by atoms with E-state index in [4.69, 9.17) is 5.73 Å². The summed E-state index contributed by atoms with van der Waals surface area (Å²) in [5, 5.41) is 4.64. The van der Waals surface area contributed by atoms with Crippen LogP contribution >= 0.6 is 11.3 Å². The maximum absolute atomic E-state index is 12.4. The smallest absolute Gasteiger partial charge is 0.261 e. The molecule has 1 fully saturated rings. The molecule has 0 aliphatic carbocycles. The van der Waals surface area contributed by atoms with Gasteiger partial charge in [0.05, 0.1) is 4.88 Å².